The maximum Gasteiger partial charge on any atom is 0.239 e. The van der Waals surface area contributed by atoms with E-state index in [1.807, 2.05) is 81.4 Å². The summed E-state index contributed by atoms with van der Waals surface area (Å²) in [5.41, 5.74) is 2.69. The zero-order valence-electron chi connectivity index (χ0n) is 21.1. The third-order valence-corrected chi connectivity index (χ3v) is 9.45. The minimum absolute atomic E-state index is 0.0156. The molecule has 0 aromatic heterocycles. The molecule has 3 aliphatic rings. The van der Waals surface area contributed by atoms with Crippen LogP contribution in [0.1, 0.15) is 43.4 Å². The van der Waals surface area contributed by atoms with Crippen LogP contribution in [-0.2, 0) is 14.4 Å². The Labute approximate surface area is 221 Å². The van der Waals surface area contributed by atoms with Crippen molar-refractivity contribution in [3.8, 4) is 0 Å². The standard InChI is InChI=1S/C32H28ClNO3/c1-4-31-24(20-13-8-6-9-14-20)25(21-15-10-7-11-16-21)32(5-2,30(31)37)27-26(31)28(35)34(29(27)36)23-18-12-17-22(33)19(23)3/h6-18,26-27H,4-5H2,1-3H3/t26-,27+,31-,32-/m0/s1. The van der Waals surface area contributed by atoms with Gasteiger partial charge in [0.25, 0.3) is 0 Å². The van der Waals surface area contributed by atoms with Crippen LogP contribution in [0.3, 0.4) is 0 Å². The van der Waals surface area contributed by atoms with Gasteiger partial charge in [-0.25, -0.2) is 4.90 Å². The van der Waals surface area contributed by atoms with Crippen LogP contribution < -0.4 is 4.90 Å². The highest BCUT2D eigenvalue weighted by atomic mass is 35.5. The molecule has 0 N–H and O–H groups in total. The number of ketones is 1. The van der Waals surface area contributed by atoms with Crippen molar-refractivity contribution in [3.63, 3.8) is 0 Å². The lowest BCUT2D eigenvalue weighted by atomic mass is 9.60. The number of amides is 2. The molecule has 1 heterocycles. The van der Waals surface area contributed by atoms with Crippen molar-refractivity contribution in [2.75, 3.05) is 4.90 Å². The van der Waals surface area contributed by atoms with Gasteiger partial charge in [0.15, 0.2) is 5.78 Å². The number of allylic oxidation sites excluding steroid dienone is 2. The second kappa shape index (κ2) is 8.26. The second-order valence-electron chi connectivity index (χ2n) is 10.3. The highest BCUT2D eigenvalue weighted by Gasteiger charge is 2.80. The maximum atomic E-state index is 14.7. The molecule has 0 unspecified atom stereocenters. The topological polar surface area (TPSA) is 54.5 Å². The van der Waals surface area contributed by atoms with Crippen LogP contribution in [0.25, 0.3) is 11.1 Å². The molecule has 5 heteroatoms. The third kappa shape index (κ3) is 2.77. The normalized spacial score (nSPS) is 28.4. The first-order chi connectivity index (χ1) is 17.9. The van der Waals surface area contributed by atoms with Gasteiger partial charge in [0, 0.05) is 5.02 Å². The van der Waals surface area contributed by atoms with E-state index in [9.17, 15) is 14.4 Å². The predicted octanol–water partition coefficient (Wildman–Crippen LogP) is 6.75. The Morgan fingerprint density at radius 2 is 1.16 bits per heavy atom. The molecule has 0 spiro atoms. The molecule has 4 nitrogen and oxygen atoms in total. The minimum Gasteiger partial charge on any atom is -0.298 e. The zero-order chi connectivity index (χ0) is 26.1. The molecule has 0 radical (unpaired) electrons. The minimum atomic E-state index is -1.08. The molecule has 37 heavy (non-hydrogen) atoms. The number of fused-ring (bicyclic) bond motifs is 5. The Bertz CT molecular complexity index is 1410. The van der Waals surface area contributed by atoms with Gasteiger partial charge in [-0.15, -0.1) is 0 Å². The summed E-state index contributed by atoms with van der Waals surface area (Å²) < 4.78 is 0. The molecular weight excluding hydrogens is 482 g/mol. The van der Waals surface area contributed by atoms with Crippen LogP contribution >= 0.6 is 11.6 Å². The van der Waals surface area contributed by atoms with Gasteiger partial charge in [-0.1, -0.05) is 92.2 Å². The number of carbonyl (C=O) groups is 3. The first-order valence-electron chi connectivity index (χ1n) is 12.9. The van der Waals surface area contributed by atoms with E-state index in [4.69, 9.17) is 11.6 Å². The van der Waals surface area contributed by atoms with Crippen LogP contribution in [0.2, 0.25) is 5.02 Å². The lowest BCUT2D eigenvalue weighted by Crippen LogP contribution is -2.42. The molecule has 1 saturated heterocycles. The number of hydrogen-bond acceptors (Lipinski definition) is 3. The van der Waals surface area contributed by atoms with Gasteiger partial charge < -0.3 is 0 Å². The van der Waals surface area contributed by atoms with E-state index >= 15 is 0 Å². The number of hydrogen-bond donors (Lipinski definition) is 0. The number of halogens is 1. The van der Waals surface area contributed by atoms with Crippen molar-refractivity contribution < 1.29 is 14.4 Å². The summed E-state index contributed by atoms with van der Waals surface area (Å²) in [4.78, 5) is 44.7. The van der Waals surface area contributed by atoms with Gasteiger partial charge in [0.2, 0.25) is 11.8 Å². The first kappa shape index (κ1) is 23.9. The Morgan fingerprint density at radius 1 is 0.703 bits per heavy atom. The molecule has 3 aromatic carbocycles. The smallest absolute Gasteiger partial charge is 0.239 e. The van der Waals surface area contributed by atoms with Crippen LogP contribution in [0.4, 0.5) is 5.69 Å². The zero-order valence-corrected chi connectivity index (χ0v) is 21.9. The van der Waals surface area contributed by atoms with E-state index in [2.05, 4.69) is 0 Å². The molecule has 186 valence electrons. The SMILES string of the molecule is CC[C@]12C(=O)[C@@](CC)(C(c3ccccc3)=C1c1ccccc1)[C@H]1C(=O)N(c3cccc(Cl)c3C)C(=O)[C@H]12. The van der Waals surface area contributed by atoms with Crippen molar-refractivity contribution in [2.24, 2.45) is 22.7 Å². The van der Waals surface area contributed by atoms with Crippen LogP contribution in [0.15, 0.2) is 78.9 Å². The molecule has 2 fully saturated rings. The monoisotopic (exact) mass is 509 g/mol. The van der Waals surface area contributed by atoms with Gasteiger partial charge in [0.05, 0.1) is 28.4 Å². The van der Waals surface area contributed by atoms with Gasteiger partial charge in [-0.2, -0.15) is 0 Å². The molecule has 6 rings (SSSR count). The van der Waals surface area contributed by atoms with Crippen molar-refractivity contribution in [1.29, 1.82) is 0 Å². The Balaban J connectivity index is 1.68. The van der Waals surface area contributed by atoms with Crippen molar-refractivity contribution >= 4 is 46.0 Å². The van der Waals surface area contributed by atoms with Crippen molar-refractivity contribution in [3.05, 3.63) is 101 Å². The molecule has 2 amide bonds. The number of benzene rings is 3. The van der Waals surface area contributed by atoms with E-state index in [1.165, 1.54) is 4.90 Å². The highest BCUT2D eigenvalue weighted by Crippen LogP contribution is 2.75. The van der Waals surface area contributed by atoms with Gasteiger partial charge in [-0.05, 0) is 59.7 Å². The van der Waals surface area contributed by atoms with Crippen LogP contribution in [0, 0.1) is 29.6 Å². The van der Waals surface area contributed by atoms with Gasteiger partial charge in [0.1, 0.15) is 0 Å². The average molecular weight is 510 g/mol. The average Bonchev–Trinajstić information content (AvgIpc) is 3.42. The largest absolute Gasteiger partial charge is 0.298 e. The van der Waals surface area contributed by atoms with Crippen molar-refractivity contribution in [1.82, 2.24) is 0 Å². The lowest BCUT2D eigenvalue weighted by Gasteiger charge is -2.38. The van der Waals surface area contributed by atoms with E-state index in [-0.39, 0.29) is 17.6 Å². The van der Waals surface area contributed by atoms with E-state index in [0.29, 0.717) is 29.1 Å². The van der Waals surface area contributed by atoms with Crippen LogP contribution in [0.5, 0.6) is 0 Å². The lowest BCUT2D eigenvalue weighted by molar-refractivity contribution is -0.134. The fourth-order valence-corrected chi connectivity index (χ4v) is 7.70. The van der Waals surface area contributed by atoms with E-state index < -0.39 is 22.7 Å². The Morgan fingerprint density at radius 3 is 1.59 bits per heavy atom. The van der Waals surface area contributed by atoms with Gasteiger partial charge >= 0.3 is 0 Å². The number of rotatable bonds is 5. The number of anilines is 1. The fourth-order valence-electron chi connectivity index (χ4n) is 7.53. The molecule has 3 aromatic rings. The molecule has 2 bridgehead atoms. The number of Topliss-reactive ketones (excluding diaryl/α,β-unsaturated/α-hetero) is 1. The summed E-state index contributed by atoms with van der Waals surface area (Å²) >= 11 is 6.41. The predicted molar refractivity (Wildman–Crippen MR) is 146 cm³/mol. The molecule has 1 aliphatic heterocycles. The molecular formula is C32H28ClNO3. The summed E-state index contributed by atoms with van der Waals surface area (Å²) in [6.07, 6.45) is 0.882. The molecule has 1 saturated carbocycles. The number of nitrogens with zero attached hydrogens (tertiary/aromatic N) is 1. The molecule has 4 atom stereocenters. The Hall–Kier alpha value is -3.50. The quantitative estimate of drug-likeness (QED) is 0.357. The molecule has 2 aliphatic carbocycles. The highest BCUT2D eigenvalue weighted by molar-refractivity contribution is 6.36. The third-order valence-electron chi connectivity index (χ3n) is 9.04. The summed E-state index contributed by atoms with van der Waals surface area (Å²) in [5.74, 6) is -2.09. The summed E-state index contributed by atoms with van der Waals surface area (Å²) in [6, 6.07) is 25.1. The summed E-state index contributed by atoms with van der Waals surface area (Å²) in [6.45, 7) is 5.77. The second-order valence-corrected chi connectivity index (χ2v) is 10.7. The van der Waals surface area contributed by atoms with Gasteiger partial charge in [-0.3, -0.25) is 14.4 Å². The van der Waals surface area contributed by atoms with Crippen molar-refractivity contribution in [2.45, 2.75) is 33.6 Å². The van der Waals surface area contributed by atoms with Crippen LogP contribution in [-0.4, -0.2) is 17.6 Å². The summed E-state index contributed by atoms with van der Waals surface area (Å²) in [7, 11) is 0. The Kier molecular flexibility index (Phi) is 5.33. The fraction of sp³-hybridized carbons (Fsp3) is 0.281. The first-order valence-corrected chi connectivity index (χ1v) is 13.3. The van der Waals surface area contributed by atoms with E-state index in [0.717, 1.165) is 22.3 Å². The maximum absolute atomic E-state index is 14.7. The summed E-state index contributed by atoms with van der Waals surface area (Å²) in [5, 5.41) is 0.498. The number of carbonyl (C=O) groups excluding carboxylic acids is 3. The number of imide groups is 1. The van der Waals surface area contributed by atoms with E-state index in [1.54, 1.807) is 18.2 Å².